The van der Waals surface area contributed by atoms with Crippen molar-refractivity contribution in [2.75, 3.05) is 31.1 Å². The van der Waals surface area contributed by atoms with Crippen LogP contribution in [-0.4, -0.2) is 56.5 Å². The van der Waals surface area contributed by atoms with Gasteiger partial charge in [0.25, 0.3) is 5.91 Å². The molecule has 0 aromatic carbocycles. The molecule has 0 unspecified atom stereocenters. The number of rotatable bonds is 4. The minimum absolute atomic E-state index is 0.123. The van der Waals surface area contributed by atoms with Crippen LogP contribution in [0.1, 0.15) is 34.4 Å². The summed E-state index contributed by atoms with van der Waals surface area (Å²) >= 11 is 1.08. The minimum atomic E-state index is -4.51. The highest BCUT2D eigenvalue weighted by Crippen LogP contribution is 2.29. The summed E-state index contributed by atoms with van der Waals surface area (Å²) in [7, 11) is 0. The quantitative estimate of drug-likeness (QED) is 0.803. The normalized spacial score (nSPS) is 15.4. The maximum atomic E-state index is 12.8. The molecule has 26 heavy (non-hydrogen) atoms. The summed E-state index contributed by atoms with van der Waals surface area (Å²) in [5, 5.41) is 4.00. The standard InChI is InChI=1S/C15H17F3N6OS/c1-2-3-10-13(26-22-21-10)14(25)24-6-4-23(5-7-24)12-8-11(15(16,17)18)19-9-20-12/h8-9H,2-7H2,1H3. The number of carbonyl (C=O) groups excluding carboxylic acids is 1. The molecule has 0 bridgehead atoms. The van der Waals surface area contributed by atoms with Gasteiger partial charge in [0.2, 0.25) is 0 Å². The van der Waals surface area contributed by atoms with Gasteiger partial charge < -0.3 is 9.80 Å². The first-order valence-corrected chi connectivity index (χ1v) is 8.92. The topological polar surface area (TPSA) is 75.1 Å². The van der Waals surface area contributed by atoms with E-state index < -0.39 is 11.9 Å². The van der Waals surface area contributed by atoms with Gasteiger partial charge in [-0.25, -0.2) is 9.97 Å². The molecule has 3 rings (SSSR count). The van der Waals surface area contributed by atoms with Crippen LogP contribution in [0.3, 0.4) is 0 Å². The molecular weight excluding hydrogens is 369 g/mol. The van der Waals surface area contributed by atoms with Gasteiger partial charge in [-0.3, -0.25) is 4.79 Å². The summed E-state index contributed by atoms with van der Waals surface area (Å²) in [5.41, 5.74) is -0.267. The molecule has 0 N–H and O–H groups in total. The van der Waals surface area contributed by atoms with Gasteiger partial charge in [-0.15, -0.1) is 5.10 Å². The van der Waals surface area contributed by atoms with Crippen LogP contribution in [0.15, 0.2) is 12.4 Å². The maximum Gasteiger partial charge on any atom is 0.433 e. The summed E-state index contributed by atoms with van der Waals surface area (Å²) < 4.78 is 42.2. The summed E-state index contributed by atoms with van der Waals surface area (Å²) in [6.45, 7) is 3.59. The van der Waals surface area contributed by atoms with Crippen LogP contribution in [0.2, 0.25) is 0 Å². The molecule has 2 aromatic rings. The largest absolute Gasteiger partial charge is 0.433 e. The third-order valence-electron chi connectivity index (χ3n) is 4.07. The minimum Gasteiger partial charge on any atom is -0.353 e. The number of amides is 1. The Morgan fingerprint density at radius 1 is 1.23 bits per heavy atom. The molecule has 1 saturated heterocycles. The number of aromatic nitrogens is 4. The van der Waals surface area contributed by atoms with Crippen molar-refractivity contribution in [1.29, 1.82) is 0 Å². The van der Waals surface area contributed by atoms with Crippen LogP contribution in [0.25, 0.3) is 0 Å². The van der Waals surface area contributed by atoms with Crippen LogP contribution in [-0.2, 0) is 12.6 Å². The van der Waals surface area contributed by atoms with E-state index in [0.717, 1.165) is 30.3 Å². The van der Waals surface area contributed by atoms with Gasteiger partial charge in [0.15, 0.2) is 0 Å². The van der Waals surface area contributed by atoms with E-state index in [2.05, 4.69) is 19.6 Å². The van der Waals surface area contributed by atoms with Crippen molar-refractivity contribution in [2.24, 2.45) is 0 Å². The SMILES string of the molecule is CCCc1nnsc1C(=O)N1CCN(c2cc(C(F)(F)F)ncn2)CC1. The highest BCUT2D eigenvalue weighted by Gasteiger charge is 2.34. The van der Waals surface area contributed by atoms with E-state index in [1.807, 2.05) is 6.92 Å². The van der Waals surface area contributed by atoms with Crippen LogP contribution in [0, 0.1) is 0 Å². The lowest BCUT2D eigenvalue weighted by atomic mass is 10.2. The van der Waals surface area contributed by atoms with E-state index in [-0.39, 0.29) is 11.7 Å². The molecule has 1 aliphatic rings. The van der Waals surface area contributed by atoms with Crippen molar-refractivity contribution in [3.8, 4) is 0 Å². The predicted molar refractivity (Wildman–Crippen MR) is 89.1 cm³/mol. The number of halogens is 3. The van der Waals surface area contributed by atoms with Crippen LogP contribution >= 0.6 is 11.5 Å². The Morgan fingerprint density at radius 2 is 1.96 bits per heavy atom. The molecule has 1 fully saturated rings. The number of aryl methyl sites for hydroxylation is 1. The molecule has 0 radical (unpaired) electrons. The lowest BCUT2D eigenvalue weighted by Gasteiger charge is -2.35. The van der Waals surface area contributed by atoms with Gasteiger partial charge in [-0.2, -0.15) is 13.2 Å². The molecule has 3 heterocycles. The van der Waals surface area contributed by atoms with E-state index in [4.69, 9.17) is 0 Å². The Labute approximate surface area is 152 Å². The lowest BCUT2D eigenvalue weighted by molar-refractivity contribution is -0.141. The molecule has 1 amide bonds. The second-order valence-corrected chi connectivity index (χ2v) is 6.59. The third kappa shape index (κ3) is 3.92. The fourth-order valence-corrected chi connectivity index (χ4v) is 3.41. The number of anilines is 1. The first-order chi connectivity index (χ1) is 12.4. The maximum absolute atomic E-state index is 12.8. The Hall–Kier alpha value is -2.30. The molecule has 1 aliphatic heterocycles. The molecule has 0 atom stereocenters. The Balaban J connectivity index is 1.66. The first kappa shape index (κ1) is 18.5. The van der Waals surface area contributed by atoms with E-state index >= 15 is 0 Å². The van der Waals surface area contributed by atoms with Crippen molar-refractivity contribution >= 4 is 23.3 Å². The zero-order chi connectivity index (χ0) is 18.7. The van der Waals surface area contributed by atoms with E-state index in [0.29, 0.717) is 43.2 Å². The zero-order valence-corrected chi connectivity index (χ0v) is 14.8. The Morgan fingerprint density at radius 3 is 2.62 bits per heavy atom. The second-order valence-electron chi connectivity index (χ2n) is 5.84. The van der Waals surface area contributed by atoms with E-state index in [9.17, 15) is 18.0 Å². The number of hydrogen-bond donors (Lipinski definition) is 0. The third-order valence-corrected chi connectivity index (χ3v) is 4.83. The second kappa shape index (κ2) is 7.52. The fraction of sp³-hybridized carbons (Fsp3) is 0.533. The Kier molecular flexibility index (Phi) is 5.35. The molecular formula is C15H17F3N6OS. The molecule has 0 aliphatic carbocycles. The monoisotopic (exact) mass is 386 g/mol. The van der Waals surface area contributed by atoms with Crippen LogP contribution < -0.4 is 4.90 Å². The molecule has 140 valence electrons. The van der Waals surface area contributed by atoms with Crippen LogP contribution in [0.5, 0.6) is 0 Å². The van der Waals surface area contributed by atoms with Gasteiger partial charge in [0, 0.05) is 32.2 Å². The first-order valence-electron chi connectivity index (χ1n) is 8.15. The van der Waals surface area contributed by atoms with E-state index in [1.54, 1.807) is 9.80 Å². The zero-order valence-electron chi connectivity index (χ0n) is 14.0. The number of hydrogen-bond acceptors (Lipinski definition) is 7. The lowest BCUT2D eigenvalue weighted by Crippen LogP contribution is -2.49. The van der Waals surface area contributed by atoms with Gasteiger partial charge >= 0.3 is 6.18 Å². The Bertz CT molecular complexity index is 773. The highest BCUT2D eigenvalue weighted by molar-refractivity contribution is 7.08. The molecule has 2 aromatic heterocycles. The molecule has 7 nitrogen and oxygen atoms in total. The summed E-state index contributed by atoms with van der Waals surface area (Å²) in [4.78, 5) is 23.8. The highest BCUT2D eigenvalue weighted by atomic mass is 32.1. The average Bonchev–Trinajstić information content (AvgIpc) is 3.09. The van der Waals surface area contributed by atoms with Crippen molar-refractivity contribution in [3.05, 3.63) is 28.7 Å². The molecule has 0 saturated carbocycles. The van der Waals surface area contributed by atoms with E-state index in [1.165, 1.54) is 0 Å². The molecule has 0 spiro atoms. The molecule has 11 heteroatoms. The number of carbonyl (C=O) groups is 1. The van der Waals surface area contributed by atoms with Gasteiger partial charge in [0.1, 0.15) is 22.7 Å². The van der Waals surface area contributed by atoms with Crippen molar-refractivity contribution in [3.63, 3.8) is 0 Å². The van der Waals surface area contributed by atoms with Gasteiger partial charge in [-0.1, -0.05) is 17.8 Å². The summed E-state index contributed by atoms with van der Waals surface area (Å²) in [6, 6.07) is 0.934. The van der Waals surface area contributed by atoms with Gasteiger partial charge in [0.05, 0.1) is 5.69 Å². The average molecular weight is 386 g/mol. The smallest absolute Gasteiger partial charge is 0.353 e. The van der Waals surface area contributed by atoms with Crippen molar-refractivity contribution in [1.82, 2.24) is 24.5 Å². The fourth-order valence-electron chi connectivity index (χ4n) is 2.73. The number of piperazine rings is 1. The van der Waals surface area contributed by atoms with Gasteiger partial charge in [-0.05, 0) is 18.0 Å². The number of alkyl halides is 3. The summed E-state index contributed by atoms with van der Waals surface area (Å²) in [6.07, 6.45) is -2.03. The van der Waals surface area contributed by atoms with Crippen LogP contribution in [0.4, 0.5) is 19.0 Å². The van der Waals surface area contributed by atoms with Crippen molar-refractivity contribution in [2.45, 2.75) is 25.9 Å². The number of nitrogens with zero attached hydrogens (tertiary/aromatic N) is 6. The van der Waals surface area contributed by atoms with Crippen molar-refractivity contribution < 1.29 is 18.0 Å². The summed E-state index contributed by atoms with van der Waals surface area (Å²) in [5.74, 6) is 0.0901. The predicted octanol–water partition coefficient (Wildman–Crippen LogP) is 2.26.